The molecular formula is C17H21N3O3. The van der Waals surface area contributed by atoms with Gasteiger partial charge < -0.3 is 26.3 Å². The zero-order valence-corrected chi connectivity index (χ0v) is 13.3. The standard InChI is InChI=1S/C17H21N3O3/c1-3-22-15-9-11(18)5-7-13(15)17(21)20-14-8-6-12(19)10-16(14)23-4-2/h5-10H,3-4,18-19H2,1-2H3,(H,20,21). The Kier molecular flexibility index (Phi) is 5.30. The van der Waals surface area contributed by atoms with Gasteiger partial charge in [0.05, 0.1) is 24.5 Å². The number of carbonyl (C=O) groups is 1. The van der Waals surface area contributed by atoms with Crippen LogP contribution in [0.1, 0.15) is 24.2 Å². The molecule has 0 unspecified atom stereocenters. The van der Waals surface area contributed by atoms with Crippen LogP contribution in [0.5, 0.6) is 11.5 Å². The van der Waals surface area contributed by atoms with E-state index in [0.717, 1.165) is 0 Å². The molecule has 0 aliphatic rings. The third-order valence-electron chi connectivity index (χ3n) is 3.10. The minimum atomic E-state index is -0.306. The van der Waals surface area contributed by atoms with E-state index >= 15 is 0 Å². The zero-order chi connectivity index (χ0) is 16.8. The molecule has 0 atom stereocenters. The summed E-state index contributed by atoms with van der Waals surface area (Å²) in [5.41, 5.74) is 13.5. The summed E-state index contributed by atoms with van der Waals surface area (Å²) >= 11 is 0. The largest absolute Gasteiger partial charge is 0.493 e. The molecule has 2 aromatic rings. The molecular weight excluding hydrogens is 294 g/mol. The molecule has 2 aromatic carbocycles. The summed E-state index contributed by atoms with van der Waals surface area (Å²) in [7, 11) is 0. The summed E-state index contributed by atoms with van der Waals surface area (Å²) in [6, 6.07) is 9.99. The average molecular weight is 315 g/mol. The minimum absolute atomic E-state index is 0.306. The molecule has 5 N–H and O–H groups in total. The van der Waals surface area contributed by atoms with Crippen LogP contribution in [0.2, 0.25) is 0 Å². The number of carbonyl (C=O) groups excluding carboxylic acids is 1. The van der Waals surface area contributed by atoms with Crippen molar-refractivity contribution in [2.75, 3.05) is 30.0 Å². The molecule has 2 rings (SSSR count). The highest BCUT2D eigenvalue weighted by molar-refractivity contribution is 6.07. The van der Waals surface area contributed by atoms with E-state index in [0.29, 0.717) is 47.3 Å². The maximum atomic E-state index is 12.5. The number of hydrogen-bond acceptors (Lipinski definition) is 5. The first-order valence-corrected chi connectivity index (χ1v) is 7.41. The van der Waals surface area contributed by atoms with Crippen LogP contribution >= 0.6 is 0 Å². The fraction of sp³-hybridized carbons (Fsp3) is 0.235. The Morgan fingerprint density at radius 1 is 0.957 bits per heavy atom. The van der Waals surface area contributed by atoms with Gasteiger partial charge in [0, 0.05) is 23.5 Å². The third-order valence-corrected chi connectivity index (χ3v) is 3.10. The molecule has 1 amide bonds. The van der Waals surface area contributed by atoms with Gasteiger partial charge in [-0.25, -0.2) is 0 Å². The van der Waals surface area contributed by atoms with E-state index in [4.69, 9.17) is 20.9 Å². The quantitative estimate of drug-likeness (QED) is 0.712. The summed E-state index contributed by atoms with van der Waals surface area (Å²) in [6.07, 6.45) is 0. The highest BCUT2D eigenvalue weighted by Crippen LogP contribution is 2.29. The number of hydrogen-bond donors (Lipinski definition) is 3. The van der Waals surface area contributed by atoms with Crippen LogP contribution in [0.25, 0.3) is 0 Å². The third kappa shape index (κ3) is 4.06. The fourth-order valence-corrected chi connectivity index (χ4v) is 2.11. The summed E-state index contributed by atoms with van der Waals surface area (Å²) in [5.74, 6) is 0.659. The highest BCUT2D eigenvalue weighted by atomic mass is 16.5. The van der Waals surface area contributed by atoms with Crippen molar-refractivity contribution in [2.45, 2.75) is 13.8 Å². The molecule has 0 spiro atoms. The zero-order valence-electron chi connectivity index (χ0n) is 13.3. The first kappa shape index (κ1) is 16.5. The van der Waals surface area contributed by atoms with E-state index in [1.165, 1.54) is 0 Å². The molecule has 0 saturated carbocycles. The minimum Gasteiger partial charge on any atom is -0.493 e. The van der Waals surface area contributed by atoms with Crippen molar-refractivity contribution in [1.82, 2.24) is 0 Å². The van der Waals surface area contributed by atoms with Crippen LogP contribution in [0.15, 0.2) is 36.4 Å². The fourth-order valence-electron chi connectivity index (χ4n) is 2.11. The van der Waals surface area contributed by atoms with E-state index in [9.17, 15) is 4.79 Å². The molecule has 6 heteroatoms. The lowest BCUT2D eigenvalue weighted by Gasteiger charge is -2.14. The van der Waals surface area contributed by atoms with Crippen LogP contribution in [-0.2, 0) is 0 Å². The predicted molar refractivity (Wildman–Crippen MR) is 92.0 cm³/mol. The van der Waals surface area contributed by atoms with Crippen molar-refractivity contribution in [1.29, 1.82) is 0 Å². The summed E-state index contributed by atoms with van der Waals surface area (Å²) < 4.78 is 11.0. The van der Waals surface area contributed by atoms with Gasteiger partial charge in [-0.3, -0.25) is 4.79 Å². The Balaban J connectivity index is 2.29. The van der Waals surface area contributed by atoms with E-state index < -0.39 is 0 Å². The average Bonchev–Trinajstić information content (AvgIpc) is 2.50. The molecule has 0 radical (unpaired) electrons. The Hall–Kier alpha value is -2.89. The maximum absolute atomic E-state index is 12.5. The smallest absolute Gasteiger partial charge is 0.259 e. The number of nitrogen functional groups attached to an aromatic ring is 2. The first-order chi connectivity index (χ1) is 11.0. The molecule has 23 heavy (non-hydrogen) atoms. The Bertz CT molecular complexity index is 701. The molecule has 0 heterocycles. The predicted octanol–water partition coefficient (Wildman–Crippen LogP) is 2.90. The van der Waals surface area contributed by atoms with Gasteiger partial charge in [-0.15, -0.1) is 0 Å². The Labute approximate surface area is 135 Å². The lowest BCUT2D eigenvalue weighted by Crippen LogP contribution is -2.15. The number of amides is 1. The first-order valence-electron chi connectivity index (χ1n) is 7.41. The van der Waals surface area contributed by atoms with Gasteiger partial charge in [-0.05, 0) is 38.1 Å². The Morgan fingerprint density at radius 3 is 2.17 bits per heavy atom. The molecule has 0 bridgehead atoms. The highest BCUT2D eigenvalue weighted by Gasteiger charge is 2.15. The van der Waals surface area contributed by atoms with Gasteiger partial charge in [0.2, 0.25) is 0 Å². The summed E-state index contributed by atoms with van der Waals surface area (Å²) in [5, 5.41) is 2.82. The number of nitrogens with one attached hydrogen (secondary N) is 1. The van der Waals surface area contributed by atoms with Gasteiger partial charge in [-0.1, -0.05) is 0 Å². The van der Waals surface area contributed by atoms with Crippen LogP contribution in [0.3, 0.4) is 0 Å². The molecule has 0 fully saturated rings. The van der Waals surface area contributed by atoms with Crippen LogP contribution in [0.4, 0.5) is 17.1 Å². The van der Waals surface area contributed by atoms with Crippen molar-refractivity contribution >= 4 is 23.0 Å². The van der Waals surface area contributed by atoms with Crippen LogP contribution < -0.4 is 26.3 Å². The van der Waals surface area contributed by atoms with E-state index in [-0.39, 0.29) is 5.91 Å². The van der Waals surface area contributed by atoms with Crippen molar-refractivity contribution in [3.63, 3.8) is 0 Å². The van der Waals surface area contributed by atoms with Crippen LogP contribution in [0, 0.1) is 0 Å². The lowest BCUT2D eigenvalue weighted by molar-refractivity contribution is 0.102. The molecule has 0 aliphatic carbocycles. The van der Waals surface area contributed by atoms with Gasteiger partial charge in [0.15, 0.2) is 0 Å². The van der Waals surface area contributed by atoms with Gasteiger partial charge in [0.1, 0.15) is 11.5 Å². The topological polar surface area (TPSA) is 99.6 Å². The van der Waals surface area contributed by atoms with Gasteiger partial charge in [0.25, 0.3) is 5.91 Å². The monoisotopic (exact) mass is 315 g/mol. The van der Waals surface area contributed by atoms with E-state index in [2.05, 4.69) is 5.32 Å². The van der Waals surface area contributed by atoms with Crippen molar-refractivity contribution in [2.24, 2.45) is 0 Å². The number of anilines is 3. The van der Waals surface area contributed by atoms with E-state index in [1.54, 1.807) is 36.4 Å². The normalized spacial score (nSPS) is 10.2. The van der Waals surface area contributed by atoms with Crippen molar-refractivity contribution in [3.05, 3.63) is 42.0 Å². The van der Waals surface area contributed by atoms with E-state index in [1.807, 2.05) is 13.8 Å². The molecule has 0 aromatic heterocycles. The lowest BCUT2D eigenvalue weighted by atomic mass is 10.1. The molecule has 0 aliphatic heterocycles. The number of benzene rings is 2. The second-order valence-corrected chi connectivity index (χ2v) is 4.83. The second-order valence-electron chi connectivity index (χ2n) is 4.83. The van der Waals surface area contributed by atoms with Crippen molar-refractivity contribution < 1.29 is 14.3 Å². The number of rotatable bonds is 6. The SMILES string of the molecule is CCOc1cc(N)ccc1NC(=O)c1ccc(N)cc1OCC. The molecule has 122 valence electrons. The van der Waals surface area contributed by atoms with Gasteiger partial charge in [-0.2, -0.15) is 0 Å². The molecule has 6 nitrogen and oxygen atoms in total. The number of ether oxygens (including phenoxy) is 2. The van der Waals surface area contributed by atoms with Gasteiger partial charge >= 0.3 is 0 Å². The van der Waals surface area contributed by atoms with Crippen molar-refractivity contribution in [3.8, 4) is 11.5 Å². The number of nitrogens with two attached hydrogens (primary N) is 2. The molecule has 0 saturated heterocycles. The Morgan fingerprint density at radius 2 is 1.52 bits per heavy atom. The van der Waals surface area contributed by atoms with Crippen LogP contribution in [-0.4, -0.2) is 19.1 Å². The maximum Gasteiger partial charge on any atom is 0.259 e. The summed E-state index contributed by atoms with van der Waals surface area (Å²) in [4.78, 5) is 12.5. The summed E-state index contributed by atoms with van der Waals surface area (Å²) in [6.45, 7) is 4.62. The second kappa shape index (κ2) is 7.40.